The molecule has 0 N–H and O–H groups in total. The molecule has 0 spiro atoms. The molecule has 1 heterocycles. The second-order valence-electron chi connectivity index (χ2n) is 3.70. The first-order valence-electron chi connectivity index (χ1n) is 5.07. The van der Waals surface area contributed by atoms with Crippen LogP contribution in [-0.4, -0.2) is 19.6 Å². The Labute approximate surface area is 115 Å². The Kier molecular flexibility index (Phi) is 3.56. The van der Waals surface area contributed by atoms with Crippen LogP contribution in [0.1, 0.15) is 5.56 Å². The summed E-state index contributed by atoms with van der Waals surface area (Å²) >= 11 is 3.09. The van der Waals surface area contributed by atoms with Crippen molar-refractivity contribution in [2.45, 2.75) is 6.54 Å². The quantitative estimate of drug-likeness (QED) is 0.634. The fourth-order valence-corrected chi connectivity index (χ4v) is 1.91. The van der Waals surface area contributed by atoms with Gasteiger partial charge in [0, 0.05) is 6.07 Å². The van der Waals surface area contributed by atoms with Crippen LogP contribution < -0.4 is 0 Å². The predicted octanol–water partition coefficient (Wildman–Crippen LogP) is 2.51. The van der Waals surface area contributed by atoms with Gasteiger partial charge in [0.2, 0.25) is 0 Å². The average molecular weight is 327 g/mol. The van der Waals surface area contributed by atoms with E-state index in [1.165, 1.54) is 16.9 Å². The number of nitro groups is 2. The summed E-state index contributed by atoms with van der Waals surface area (Å²) in [5.74, 6) is 0. The third kappa shape index (κ3) is 2.94. The van der Waals surface area contributed by atoms with Crippen LogP contribution >= 0.6 is 15.9 Å². The smallest absolute Gasteiger partial charge is 0.261 e. The van der Waals surface area contributed by atoms with E-state index in [1.54, 1.807) is 12.1 Å². The maximum atomic E-state index is 10.8. The minimum absolute atomic E-state index is 0.0563. The zero-order chi connectivity index (χ0) is 14.0. The standard InChI is InChI=1S/C10H7BrN4O4/c11-9-2-1-7(3-10(9)15(18)19)5-13-6-8(4-12-13)14(16)17/h1-4,6H,5H2. The lowest BCUT2D eigenvalue weighted by atomic mass is 10.2. The normalized spacial score (nSPS) is 10.4. The lowest BCUT2D eigenvalue weighted by Gasteiger charge is -2.02. The van der Waals surface area contributed by atoms with Crippen molar-refractivity contribution in [3.8, 4) is 0 Å². The summed E-state index contributed by atoms with van der Waals surface area (Å²) in [5.41, 5.74) is 0.457. The molecule has 0 aliphatic carbocycles. The van der Waals surface area contributed by atoms with Gasteiger partial charge in [0.05, 0.1) is 20.9 Å². The molecule has 2 aromatic rings. The Hall–Kier alpha value is -2.29. The van der Waals surface area contributed by atoms with Gasteiger partial charge in [-0.25, -0.2) is 0 Å². The second-order valence-corrected chi connectivity index (χ2v) is 4.55. The van der Waals surface area contributed by atoms with E-state index in [9.17, 15) is 20.2 Å². The van der Waals surface area contributed by atoms with Crippen LogP contribution in [0.25, 0.3) is 0 Å². The van der Waals surface area contributed by atoms with Crippen molar-refractivity contribution in [2.24, 2.45) is 0 Å². The van der Waals surface area contributed by atoms with Crippen LogP contribution in [0, 0.1) is 20.2 Å². The van der Waals surface area contributed by atoms with Gasteiger partial charge in [0.15, 0.2) is 0 Å². The average Bonchev–Trinajstić information content (AvgIpc) is 2.80. The van der Waals surface area contributed by atoms with Crippen LogP contribution in [-0.2, 0) is 6.54 Å². The minimum Gasteiger partial charge on any atom is -0.261 e. The van der Waals surface area contributed by atoms with Gasteiger partial charge in [-0.2, -0.15) is 5.10 Å². The monoisotopic (exact) mass is 326 g/mol. The summed E-state index contributed by atoms with van der Waals surface area (Å²) in [6.45, 7) is 0.224. The van der Waals surface area contributed by atoms with E-state index in [-0.39, 0.29) is 17.9 Å². The molecule has 0 aliphatic heterocycles. The number of aromatic nitrogens is 2. The van der Waals surface area contributed by atoms with E-state index in [4.69, 9.17) is 0 Å². The number of halogens is 1. The molecule has 19 heavy (non-hydrogen) atoms. The molecular formula is C10H7BrN4O4. The molecule has 0 bridgehead atoms. The minimum atomic E-state index is -0.548. The first-order valence-corrected chi connectivity index (χ1v) is 5.86. The van der Waals surface area contributed by atoms with E-state index in [0.29, 0.717) is 10.0 Å². The number of hydrogen-bond acceptors (Lipinski definition) is 5. The van der Waals surface area contributed by atoms with Crippen molar-refractivity contribution in [3.05, 3.63) is 60.9 Å². The van der Waals surface area contributed by atoms with Gasteiger partial charge < -0.3 is 0 Å². The Morgan fingerprint density at radius 2 is 2.00 bits per heavy atom. The van der Waals surface area contributed by atoms with Gasteiger partial charge >= 0.3 is 5.69 Å². The maximum Gasteiger partial charge on any atom is 0.307 e. The summed E-state index contributed by atoms with van der Waals surface area (Å²) in [6.07, 6.45) is 2.40. The van der Waals surface area contributed by atoms with Crippen molar-refractivity contribution in [1.29, 1.82) is 0 Å². The van der Waals surface area contributed by atoms with Crippen LogP contribution in [0.2, 0.25) is 0 Å². The molecule has 1 aromatic carbocycles. The highest BCUT2D eigenvalue weighted by Crippen LogP contribution is 2.26. The SMILES string of the molecule is O=[N+]([O-])c1cnn(Cc2ccc(Br)c([N+](=O)[O-])c2)c1. The molecular weight excluding hydrogens is 320 g/mol. The third-order valence-corrected chi connectivity index (χ3v) is 3.05. The molecule has 98 valence electrons. The molecule has 0 fully saturated rings. The fourth-order valence-electron chi connectivity index (χ4n) is 1.52. The Balaban J connectivity index is 2.25. The highest BCUT2D eigenvalue weighted by Gasteiger charge is 2.14. The van der Waals surface area contributed by atoms with Crippen molar-refractivity contribution in [2.75, 3.05) is 0 Å². The van der Waals surface area contributed by atoms with Crippen LogP contribution in [0.5, 0.6) is 0 Å². The molecule has 1 aromatic heterocycles. The largest absolute Gasteiger partial charge is 0.307 e. The van der Waals surface area contributed by atoms with E-state index >= 15 is 0 Å². The molecule has 0 atom stereocenters. The van der Waals surface area contributed by atoms with E-state index in [0.717, 1.165) is 6.20 Å². The van der Waals surface area contributed by atoms with Gasteiger partial charge in [0.1, 0.15) is 12.4 Å². The molecule has 2 rings (SSSR count). The lowest BCUT2D eigenvalue weighted by Crippen LogP contribution is -2.01. The van der Waals surface area contributed by atoms with Crippen molar-refractivity contribution in [3.63, 3.8) is 0 Å². The van der Waals surface area contributed by atoms with Crippen molar-refractivity contribution in [1.82, 2.24) is 9.78 Å². The molecule has 8 nitrogen and oxygen atoms in total. The molecule has 0 saturated carbocycles. The summed E-state index contributed by atoms with van der Waals surface area (Å²) in [4.78, 5) is 20.2. The highest BCUT2D eigenvalue weighted by atomic mass is 79.9. The van der Waals surface area contributed by atoms with E-state index < -0.39 is 9.85 Å². The third-order valence-electron chi connectivity index (χ3n) is 2.38. The molecule has 0 amide bonds. The van der Waals surface area contributed by atoms with E-state index in [1.807, 2.05) is 0 Å². The van der Waals surface area contributed by atoms with Gasteiger partial charge in [-0.05, 0) is 27.6 Å². The van der Waals surface area contributed by atoms with Crippen LogP contribution in [0.15, 0.2) is 35.1 Å². The summed E-state index contributed by atoms with van der Waals surface area (Å²) in [5, 5.41) is 25.1. The zero-order valence-corrected chi connectivity index (χ0v) is 11.0. The number of nitrogens with zero attached hydrogens (tertiary/aromatic N) is 4. The molecule has 0 saturated heterocycles. The lowest BCUT2D eigenvalue weighted by molar-refractivity contribution is -0.385. The second kappa shape index (κ2) is 5.14. The van der Waals surface area contributed by atoms with Gasteiger partial charge in [0.25, 0.3) is 5.69 Å². The summed E-state index contributed by atoms with van der Waals surface area (Å²) in [7, 11) is 0. The maximum absolute atomic E-state index is 10.8. The molecule has 0 unspecified atom stereocenters. The van der Waals surface area contributed by atoms with Gasteiger partial charge in [-0.3, -0.25) is 24.9 Å². The first kappa shape index (κ1) is 13.1. The first-order chi connectivity index (χ1) is 8.97. The zero-order valence-electron chi connectivity index (χ0n) is 9.39. The number of hydrogen-bond donors (Lipinski definition) is 0. The number of nitro benzene ring substituents is 1. The van der Waals surface area contributed by atoms with Gasteiger partial charge in [-0.1, -0.05) is 6.07 Å². The summed E-state index contributed by atoms with van der Waals surface area (Å²) < 4.78 is 1.73. The molecule has 0 radical (unpaired) electrons. The Morgan fingerprint density at radius 3 is 2.58 bits per heavy atom. The Morgan fingerprint density at radius 1 is 1.26 bits per heavy atom. The predicted molar refractivity (Wildman–Crippen MR) is 68.8 cm³/mol. The molecule has 9 heteroatoms. The van der Waals surface area contributed by atoms with Crippen molar-refractivity contribution < 1.29 is 9.85 Å². The van der Waals surface area contributed by atoms with Crippen LogP contribution in [0.3, 0.4) is 0 Å². The fraction of sp³-hybridized carbons (Fsp3) is 0.100. The van der Waals surface area contributed by atoms with Crippen molar-refractivity contribution >= 4 is 27.3 Å². The van der Waals surface area contributed by atoms with E-state index in [2.05, 4.69) is 21.0 Å². The molecule has 0 aliphatic rings. The number of rotatable bonds is 4. The summed E-state index contributed by atoms with van der Waals surface area (Å²) in [6, 6.07) is 4.65. The highest BCUT2D eigenvalue weighted by molar-refractivity contribution is 9.10. The number of benzene rings is 1. The van der Waals surface area contributed by atoms with Gasteiger partial charge in [-0.15, -0.1) is 0 Å². The topological polar surface area (TPSA) is 104 Å². The van der Waals surface area contributed by atoms with Crippen LogP contribution in [0.4, 0.5) is 11.4 Å². The Bertz CT molecular complexity index is 655.